The zero-order chi connectivity index (χ0) is 14.4. The first-order valence-corrected chi connectivity index (χ1v) is 6.97. The predicted octanol–water partition coefficient (Wildman–Crippen LogP) is 2.28. The number of rotatable bonds is 7. The maximum Gasteiger partial charge on any atom is 0.0662 e. The predicted molar refractivity (Wildman–Crippen MR) is 80.8 cm³/mol. The van der Waals surface area contributed by atoms with E-state index in [4.69, 9.17) is 4.74 Å². The number of hydrogen-bond donors (Lipinski definition) is 1. The van der Waals surface area contributed by atoms with Crippen LogP contribution >= 0.6 is 0 Å². The standard InChI is InChI=1S/C16H23N3O/c1-13-4-6-15(7-5-13)12-19-14(2)16(11-18-19)10-17-8-9-20-3/h4-7,11,17H,8-10,12H2,1-3H3. The summed E-state index contributed by atoms with van der Waals surface area (Å²) in [6, 6.07) is 8.60. The third-order valence-corrected chi connectivity index (χ3v) is 3.46. The van der Waals surface area contributed by atoms with E-state index in [1.165, 1.54) is 22.4 Å². The van der Waals surface area contributed by atoms with Gasteiger partial charge in [-0.15, -0.1) is 0 Å². The van der Waals surface area contributed by atoms with Crippen LogP contribution in [0.1, 0.15) is 22.4 Å². The summed E-state index contributed by atoms with van der Waals surface area (Å²) in [5, 5.41) is 7.83. The van der Waals surface area contributed by atoms with E-state index in [1.807, 2.05) is 6.20 Å². The van der Waals surface area contributed by atoms with E-state index in [9.17, 15) is 0 Å². The number of hydrogen-bond acceptors (Lipinski definition) is 3. The van der Waals surface area contributed by atoms with E-state index in [0.717, 1.165) is 26.2 Å². The quantitative estimate of drug-likeness (QED) is 0.787. The molecular formula is C16H23N3O. The highest BCUT2D eigenvalue weighted by Crippen LogP contribution is 2.10. The largest absolute Gasteiger partial charge is 0.383 e. The lowest BCUT2D eigenvalue weighted by Gasteiger charge is -2.07. The lowest BCUT2D eigenvalue weighted by Crippen LogP contribution is -2.18. The van der Waals surface area contributed by atoms with Crippen LogP contribution in [-0.4, -0.2) is 30.0 Å². The summed E-state index contributed by atoms with van der Waals surface area (Å²) in [6.07, 6.45) is 1.95. The summed E-state index contributed by atoms with van der Waals surface area (Å²) in [4.78, 5) is 0. The monoisotopic (exact) mass is 273 g/mol. The third kappa shape index (κ3) is 3.92. The molecule has 4 nitrogen and oxygen atoms in total. The van der Waals surface area contributed by atoms with Crippen LogP contribution in [0.15, 0.2) is 30.5 Å². The molecule has 0 amide bonds. The maximum absolute atomic E-state index is 5.02. The first-order valence-electron chi connectivity index (χ1n) is 6.97. The minimum atomic E-state index is 0.733. The van der Waals surface area contributed by atoms with E-state index in [0.29, 0.717) is 0 Å². The summed E-state index contributed by atoms with van der Waals surface area (Å²) in [5.74, 6) is 0. The molecule has 0 spiro atoms. The highest BCUT2D eigenvalue weighted by molar-refractivity contribution is 5.23. The lowest BCUT2D eigenvalue weighted by molar-refractivity contribution is 0.199. The Morgan fingerprint density at radius 1 is 1.20 bits per heavy atom. The van der Waals surface area contributed by atoms with Gasteiger partial charge in [0.2, 0.25) is 0 Å². The summed E-state index contributed by atoms with van der Waals surface area (Å²) in [6.45, 7) is 7.48. The second-order valence-electron chi connectivity index (χ2n) is 5.07. The van der Waals surface area contributed by atoms with Crippen molar-refractivity contribution in [1.82, 2.24) is 15.1 Å². The van der Waals surface area contributed by atoms with Crippen molar-refractivity contribution in [3.8, 4) is 0 Å². The third-order valence-electron chi connectivity index (χ3n) is 3.46. The molecule has 1 N–H and O–H groups in total. The number of aromatic nitrogens is 2. The van der Waals surface area contributed by atoms with Gasteiger partial charge in [0.25, 0.3) is 0 Å². The van der Waals surface area contributed by atoms with Crippen molar-refractivity contribution in [2.75, 3.05) is 20.3 Å². The van der Waals surface area contributed by atoms with Crippen LogP contribution in [-0.2, 0) is 17.8 Å². The van der Waals surface area contributed by atoms with Crippen LogP contribution < -0.4 is 5.32 Å². The first-order chi connectivity index (χ1) is 9.70. The van der Waals surface area contributed by atoms with Gasteiger partial charge in [0.15, 0.2) is 0 Å². The van der Waals surface area contributed by atoms with Crippen LogP contribution in [0.3, 0.4) is 0 Å². The zero-order valence-corrected chi connectivity index (χ0v) is 12.5. The van der Waals surface area contributed by atoms with E-state index in [1.54, 1.807) is 7.11 Å². The Morgan fingerprint density at radius 3 is 2.65 bits per heavy atom. The highest BCUT2D eigenvalue weighted by Gasteiger charge is 2.06. The van der Waals surface area contributed by atoms with Gasteiger partial charge in [-0.05, 0) is 19.4 Å². The molecule has 0 saturated heterocycles. The Labute approximate surface area is 120 Å². The van der Waals surface area contributed by atoms with E-state index < -0.39 is 0 Å². The van der Waals surface area contributed by atoms with Gasteiger partial charge in [-0.1, -0.05) is 29.8 Å². The van der Waals surface area contributed by atoms with Gasteiger partial charge in [-0.2, -0.15) is 5.10 Å². The Kier molecular flexibility index (Phi) is 5.32. The molecule has 2 rings (SSSR count). The lowest BCUT2D eigenvalue weighted by atomic mass is 10.1. The molecule has 1 aromatic carbocycles. The molecule has 1 heterocycles. The molecule has 0 fully saturated rings. The first kappa shape index (κ1) is 14.8. The molecule has 4 heteroatoms. The second-order valence-corrected chi connectivity index (χ2v) is 5.07. The Balaban J connectivity index is 1.96. The fraction of sp³-hybridized carbons (Fsp3) is 0.438. The van der Waals surface area contributed by atoms with Crippen molar-refractivity contribution in [2.24, 2.45) is 0 Å². The van der Waals surface area contributed by atoms with E-state index >= 15 is 0 Å². The van der Waals surface area contributed by atoms with Gasteiger partial charge < -0.3 is 10.1 Å². The van der Waals surface area contributed by atoms with Crippen molar-refractivity contribution in [3.05, 3.63) is 52.8 Å². The van der Waals surface area contributed by atoms with Crippen LogP contribution in [0.4, 0.5) is 0 Å². The van der Waals surface area contributed by atoms with Gasteiger partial charge in [0.1, 0.15) is 0 Å². The van der Waals surface area contributed by atoms with E-state index in [2.05, 4.69) is 53.2 Å². The number of aryl methyl sites for hydroxylation is 1. The normalized spacial score (nSPS) is 10.9. The number of benzene rings is 1. The Morgan fingerprint density at radius 2 is 1.95 bits per heavy atom. The summed E-state index contributed by atoms with van der Waals surface area (Å²) in [7, 11) is 1.71. The fourth-order valence-corrected chi connectivity index (χ4v) is 2.08. The van der Waals surface area contributed by atoms with Crippen LogP contribution in [0.2, 0.25) is 0 Å². The minimum Gasteiger partial charge on any atom is -0.383 e. The number of methoxy groups -OCH3 is 1. The molecular weight excluding hydrogens is 250 g/mol. The SMILES string of the molecule is COCCNCc1cnn(Cc2ccc(C)cc2)c1C. The minimum absolute atomic E-state index is 0.733. The second kappa shape index (κ2) is 7.22. The smallest absolute Gasteiger partial charge is 0.0662 e. The average Bonchev–Trinajstić information content (AvgIpc) is 2.79. The molecule has 108 valence electrons. The topological polar surface area (TPSA) is 39.1 Å². The molecule has 0 aliphatic heterocycles. The molecule has 0 aliphatic rings. The van der Waals surface area contributed by atoms with Crippen molar-refractivity contribution in [3.63, 3.8) is 0 Å². The van der Waals surface area contributed by atoms with Crippen molar-refractivity contribution < 1.29 is 4.74 Å². The van der Waals surface area contributed by atoms with Crippen molar-refractivity contribution in [1.29, 1.82) is 0 Å². The molecule has 20 heavy (non-hydrogen) atoms. The molecule has 0 radical (unpaired) electrons. The summed E-state index contributed by atoms with van der Waals surface area (Å²) < 4.78 is 7.07. The van der Waals surface area contributed by atoms with Crippen molar-refractivity contribution >= 4 is 0 Å². The van der Waals surface area contributed by atoms with E-state index in [-0.39, 0.29) is 0 Å². The van der Waals surface area contributed by atoms with Gasteiger partial charge in [-0.25, -0.2) is 0 Å². The summed E-state index contributed by atoms with van der Waals surface area (Å²) in [5.41, 5.74) is 5.03. The number of nitrogens with one attached hydrogen (secondary N) is 1. The molecule has 0 bridgehead atoms. The molecule has 0 saturated carbocycles. The van der Waals surface area contributed by atoms with Crippen LogP contribution in [0.25, 0.3) is 0 Å². The zero-order valence-electron chi connectivity index (χ0n) is 12.5. The van der Waals surface area contributed by atoms with Gasteiger partial charge >= 0.3 is 0 Å². The molecule has 0 unspecified atom stereocenters. The molecule has 0 atom stereocenters. The molecule has 2 aromatic rings. The maximum atomic E-state index is 5.02. The Bertz CT molecular complexity index is 531. The van der Waals surface area contributed by atoms with Gasteiger partial charge in [0.05, 0.1) is 19.3 Å². The molecule has 1 aromatic heterocycles. The number of nitrogens with zero attached hydrogens (tertiary/aromatic N) is 2. The Hall–Kier alpha value is -1.65. The number of ether oxygens (including phenoxy) is 1. The molecule has 0 aliphatic carbocycles. The average molecular weight is 273 g/mol. The summed E-state index contributed by atoms with van der Waals surface area (Å²) >= 11 is 0. The van der Waals surface area contributed by atoms with Gasteiger partial charge in [0, 0.05) is 31.5 Å². The van der Waals surface area contributed by atoms with Crippen molar-refractivity contribution in [2.45, 2.75) is 26.9 Å². The highest BCUT2D eigenvalue weighted by atomic mass is 16.5. The fourth-order valence-electron chi connectivity index (χ4n) is 2.08. The van der Waals surface area contributed by atoms with Crippen LogP contribution in [0, 0.1) is 13.8 Å². The van der Waals surface area contributed by atoms with Crippen LogP contribution in [0.5, 0.6) is 0 Å². The van der Waals surface area contributed by atoms with Gasteiger partial charge in [-0.3, -0.25) is 4.68 Å².